The van der Waals surface area contributed by atoms with Crippen molar-refractivity contribution >= 4 is 22.9 Å². The molecule has 84 valence electrons. The number of nitrogens with zero attached hydrogens (tertiary/aromatic N) is 1. The quantitative estimate of drug-likeness (QED) is 0.914. The van der Waals surface area contributed by atoms with Crippen molar-refractivity contribution in [1.82, 2.24) is 4.98 Å². The Labute approximate surface area is 102 Å². The zero-order valence-corrected chi connectivity index (χ0v) is 9.96. The van der Waals surface area contributed by atoms with E-state index in [0.717, 1.165) is 4.88 Å². The average Bonchev–Trinajstić information content (AvgIpc) is 2.79. The highest BCUT2D eigenvalue weighted by Crippen LogP contribution is 2.27. The largest absolute Gasteiger partial charge is 0.488 e. The summed E-state index contributed by atoms with van der Waals surface area (Å²) in [5.41, 5.74) is 2.37. The van der Waals surface area contributed by atoms with Crippen molar-refractivity contribution in [2.75, 3.05) is 0 Å². The third-order valence-corrected chi connectivity index (χ3v) is 3.19. The molecule has 0 bridgehead atoms. The zero-order chi connectivity index (χ0) is 11.4. The van der Waals surface area contributed by atoms with E-state index in [2.05, 4.69) is 4.98 Å². The molecular weight excluding hydrogens is 246 g/mol. The number of aromatic nitrogens is 1. The highest BCUT2D eigenvalue weighted by Gasteiger charge is 2.07. The Bertz CT molecular complexity index is 459. The first-order chi connectivity index (χ1) is 7.81. The van der Waals surface area contributed by atoms with Crippen LogP contribution in [0.15, 0.2) is 29.9 Å². The third-order valence-electron chi connectivity index (χ3n) is 2.09. The number of aliphatic hydroxyl groups is 1. The van der Waals surface area contributed by atoms with Gasteiger partial charge in [0, 0.05) is 16.8 Å². The van der Waals surface area contributed by atoms with Gasteiger partial charge in [0.25, 0.3) is 0 Å². The Morgan fingerprint density at radius 1 is 1.44 bits per heavy atom. The molecule has 1 aromatic carbocycles. The molecule has 2 rings (SSSR count). The summed E-state index contributed by atoms with van der Waals surface area (Å²) in [7, 11) is 0. The molecule has 0 amide bonds. The van der Waals surface area contributed by atoms with E-state index in [1.54, 1.807) is 29.9 Å². The van der Waals surface area contributed by atoms with Crippen LogP contribution in [-0.4, -0.2) is 10.1 Å². The number of benzene rings is 1. The van der Waals surface area contributed by atoms with Crippen LogP contribution >= 0.6 is 22.9 Å². The van der Waals surface area contributed by atoms with Crippen LogP contribution in [0.2, 0.25) is 5.02 Å². The van der Waals surface area contributed by atoms with Crippen LogP contribution in [0.4, 0.5) is 0 Å². The molecule has 1 N–H and O–H groups in total. The van der Waals surface area contributed by atoms with Crippen molar-refractivity contribution in [3.05, 3.63) is 45.4 Å². The summed E-state index contributed by atoms with van der Waals surface area (Å²) >= 11 is 7.47. The highest BCUT2D eigenvalue weighted by atomic mass is 35.5. The van der Waals surface area contributed by atoms with Crippen molar-refractivity contribution in [2.45, 2.75) is 13.2 Å². The lowest BCUT2D eigenvalue weighted by Gasteiger charge is -2.10. The number of halogens is 1. The van der Waals surface area contributed by atoms with Crippen LogP contribution < -0.4 is 4.74 Å². The molecule has 0 aliphatic heterocycles. The summed E-state index contributed by atoms with van der Waals surface area (Å²) in [4.78, 5) is 4.99. The molecule has 5 heteroatoms. The Balaban J connectivity index is 2.12. The number of rotatable bonds is 4. The van der Waals surface area contributed by atoms with Crippen LogP contribution in [-0.2, 0) is 13.2 Å². The zero-order valence-electron chi connectivity index (χ0n) is 8.39. The van der Waals surface area contributed by atoms with Crippen LogP contribution in [0.3, 0.4) is 0 Å². The van der Waals surface area contributed by atoms with Crippen molar-refractivity contribution in [1.29, 1.82) is 0 Å². The van der Waals surface area contributed by atoms with E-state index in [0.29, 0.717) is 22.9 Å². The predicted molar refractivity (Wildman–Crippen MR) is 63.8 cm³/mol. The first-order valence-corrected chi connectivity index (χ1v) is 5.95. The van der Waals surface area contributed by atoms with Crippen LogP contribution in [0, 0.1) is 0 Å². The maximum absolute atomic E-state index is 9.18. The molecule has 1 heterocycles. The van der Waals surface area contributed by atoms with E-state index in [1.807, 2.05) is 0 Å². The minimum absolute atomic E-state index is 0.127. The summed E-state index contributed by atoms with van der Waals surface area (Å²) in [6.07, 6.45) is 1.76. The normalized spacial score (nSPS) is 10.4. The lowest BCUT2D eigenvalue weighted by molar-refractivity contribution is 0.260. The van der Waals surface area contributed by atoms with E-state index in [1.165, 1.54) is 11.3 Å². The van der Waals surface area contributed by atoms with Gasteiger partial charge in [-0.2, -0.15) is 0 Å². The fourth-order valence-corrected chi connectivity index (χ4v) is 2.02. The minimum Gasteiger partial charge on any atom is -0.488 e. The van der Waals surface area contributed by atoms with Gasteiger partial charge in [-0.15, -0.1) is 11.3 Å². The molecule has 0 saturated heterocycles. The molecule has 0 aliphatic carbocycles. The summed E-state index contributed by atoms with van der Waals surface area (Å²) in [5.74, 6) is 0.614. The van der Waals surface area contributed by atoms with E-state index in [9.17, 15) is 5.11 Å². The van der Waals surface area contributed by atoms with Gasteiger partial charge in [0.1, 0.15) is 12.4 Å². The van der Waals surface area contributed by atoms with Gasteiger partial charge in [-0.25, -0.2) is 0 Å². The van der Waals surface area contributed by atoms with Gasteiger partial charge >= 0.3 is 0 Å². The first-order valence-electron chi connectivity index (χ1n) is 4.69. The van der Waals surface area contributed by atoms with Gasteiger partial charge in [0.2, 0.25) is 0 Å². The Kier molecular flexibility index (Phi) is 3.77. The van der Waals surface area contributed by atoms with Gasteiger partial charge in [0.05, 0.1) is 17.0 Å². The molecule has 0 spiro atoms. The van der Waals surface area contributed by atoms with E-state index in [4.69, 9.17) is 16.3 Å². The van der Waals surface area contributed by atoms with Gasteiger partial charge in [-0.3, -0.25) is 4.98 Å². The molecule has 0 unspecified atom stereocenters. The first kappa shape index (κ1) is 11.4. The van der Waals surface area contributed by atoms with Crippen LogP contribution in [0.5, 0.6) is 5.75 Å². The van der Waals surface area contributed by atoms with Gasteiger partial charge < -0.3 is 9.84 Å². The molecule has 0 atom stereocenters. The monoisotopic (exact) mass is 255 g/mol. The molecule has 0 saturated carbocycles. The number of aliphatic hydroxyl groups excluding tert-OH is 1. The number of thiazole rings is 1. The Morgan fingerprint density at radius 2 is 2.31 bits per heavy atom. The van der Waals surface area contributed by atoms with E-state index in [-0.39, 0.29) is 6.61 Å². The standard InChI is InChI=1S/C11H10ClNO2S/c12-10-2-1-3-11(9(10)5-14)15-6-8-4-13-7-16-8/h1-4,7,14H,5-6H2. The lowest BCUT2D eigenvalue weighted by Crippen LogP contribution is -1.97. The number of hydrogen-bond acceptors (Lipinski definition) is 4. The van der Waals surface area contributed by atoms with Crippen LogP contribution in [0.25, 0.3) is 0 Å². The molecule has 1 aromatic heterocycles. The van der Waals surface area contributed by atoms with Gasteiger partial charge in [-0.05, 0) is 12.1 Å². The lowest BCUT2D eigenvalue weighted by atomic mass is 10.2. The summed E-state index contributed by atoms with van der Waals surface area (Å²) in [6, 6.07) is 5.31. The average molecular weight is 256 g/mol. The second kappa shape index (κ2) is 5.30. The van der Waals surface area contributed by atoms with Crippen molar-refractivity contribution in [3.8, 4) is 5.75 Å². The van der Waals surface area contributed by atoms with Crippen LogP contribution in [0.1, 0.15) is 10.4 Å². The fraction of sp³-hybridized carbons (Fsp3) is 0.182. The second-order valence-electron chi connectivity index (χ2n) is 3.13. The summed E-state index contributed by atoms with van der Waals surface area (Å²) in [5, 5.41) is 9.70. The molecule has 0 aliphatic rings. The predicted octanol–water partition coefficient (Wildman–Crippen LogP) is 2.87. The molecule has 16 heavy (non-hydrogen) atoms. The molecule has 0 radical (unpaired) electrons. The minimum atomic E-state index is -0.127. The maximum Gasteiger partial charge on any atom is 0.126 e. The number of ether oxygens (including phenoxy) is 1. The third kappa shape index (κ3) is 2.52. The van der Waals surface area contributed by atoms with E-state index >= 15 is 0 Å². The maximum atomic E-state index is 9.18. The Hall–Kier alpha value is -1.10. The Morgan fingerprint density at radius 3 is 3.00 bits per heavy atom. The molecule has 3 nitrogen and oxygen atoms in total. The van der Waals surface area contributed by atoms with Gasteiger partial charge in [0.15, 0.2) is 0 Å². The fourth-order valence-electron chi connectivity index (χ4n) is 1.29. The van der Waals surface area contributed by atoms with Crippen molar-refractivity contribution < 1.29 is 9.84 Å². The van der Waals surface area contributed by atoms with Crippen molar-refractivity contribution in [2.24, 2.45) is 0 Å². The SMILES string of the molecule is OCc1c(Cl)cccc1OCc1cncs1. The molecule has 2 aromatic rings. The molecule has 0 fully saturated rings. The highest BCUT2D eigenvalue weighted by molar-refractivity contribution is 7.09. The summed E-state index contributed by atoms with van der Waals surface area (Å²) in [6.45, 7) is 0.315. The second-order valence-corrected chi connectivity index (χ2v) is 4.51. The number of hydrogen-bond donors (Lipinski definition) is 1. The van der Waals surface area contributed by atoms with Gasteiger partial charge in [-0.1, -0.05) is 17.7 Å². The summed E-state index contributed by atoms with van der Waals surface area (Å²) < 4.78 is 5.58. The topological polar surface area (TPSA) is 42.4 Å². The van der Waals surface area contributed by atoms with E-state index < -0.39 is 0 Å². The smallest absolute Gasteiger partial charge is 0.126 e. The molecular formula is C11H10ClNO2S. The van der Waals surface area contributed by atoms with Crippen molar-refractivity contribution in [3.63, 3.8) is 0 Å².